The maximum Gasteiger partial charge on any atom is 0.344 e. The van der Waals surface area contributed by atoms with Crippen molar-refractivity contribution in [2.45, 2.75) is 13.8 Å². The molecule has 36 heavy (non-hydrogen) atoms. The van der Waals surface area contributed by atoms with Gasteiger partial charge < -0.3 is 13.9 Å². The second-order valence-corrected chi connectivity index (χ2v) is 8.10. The lowest BCUT2D eigenvalue weighted by Gasteiger charge is -2.08. The maximum atomic E-state index is 12.5. The van der Waals surface area contributed by atoms with Crippen LogP contribution in [0.3, 0.4) is 0 Å². The first-order valence-corrected chi connectivity index (χ1v) is 11.3. The molecule has 0 aliphatic rings. The van der Waals surface area contributed by atoms with Crippen molar-refractivity contribution in [1.29, 1.82) is 5.26 Å². The fourth-order valence-electron chi connectivity index (χ4n) is 3.60. The van der Waals surface area contributed by atoms with Crippen LogP contribution >= 0.6 is 0 Å². The number of aryl methyl sites for hydroxylation is 2. The highest BCUT2D eigenvalue weighted by atomic mass is 16.6. The monoisotopic (exact) mass is 480 g/mol. The van der Waals surface area contributed by atoms with Crippen LogP contribution in [0.1, 0.15) is 16.7 Å². The summed E-state index contributed by atoms with van der Waals surface area (Å²) >= 11 is 0. The Morgan fingerprint density at radius 2 is 1.56 bits per heavy atom. The average molecular weight is 481 g/mol. The molecular formula is C29H24N2O5. The van der Waals surface area contributed by atoms with Crippen molar-refractivity contribution in [2.24, 2.45) is 0 Å². The van der Waals surface area contributed by atoms with Crippen molar-refractivity contribution >= 4 is 17.8 Å². The lowest BCUT2D eigenvalue weighted by Crippen LogP contribution is -2.23. The van der Waals surface area contributed by atoms with Crippen molar-refractivity contribution in [3.8, 4) is 34.3 Å². The highest BCUT2D eigenvalue weighted by molar-refractivity contribution is 5.96. The molecule has 4 rings (SSSR count). The van der Waals surface area contributed by atoms with Crippen molar-refractivity contribution in [2.75, 3.05) is 18.5 Å². The number of carbonyl (C=O) groups excluding carboxylic acids is 2. The molecule has 3 aromatic carbocycles. The van der Waals surface area contributed by atoms with E-state index in [1.165, 1.54) is 0 Å². The van der Waals surface area contributed by atoms with Gasteiger partial charge in [0.2, 0.25) is 5.88 Å². The summed E-state index contributed by atoms with van der Waals surface area (Å²) in [5.41, 5.74) is 4.42. The Kier molecular flexibility index (Phi) is 7.47. The van der Waals surface area contributed by atoms with Gasteiger partial charge in [-0.2, -0.15) is 5.26 Å². The summed E-state index contributed by atoms with van der Waals surface area (Å²) in [5.74, 6) is -0.358. The lowest BCUT2D eigenvalue weighted by molar-refractivity contribution is -0.149. The Labute approximate surface area is 208 Å². The van der Waals surface area contributed by atoms with Gasteiger partial charge in [0.25, 0.3) is 5.91 Å². The molecule has 1 aromatic heterocycles. The van der Waals surface area contributed by atoms with Crippen molar-refractivity contribution in [1.82, 2.24) is 0 Å². The number of rotatable bonds is 8. The molecule has 0 radical (unpaired) electrons. The van der Waals surface area contributed by atoms with Crippen LogP contribution in [-0.4, -0.2) is 25.1 Å². The molecule has 7 nitrogen and oxygen atoms in total. The van der Waals surface area contributed by atoms with Crippen LogP contribution in [0.25, 0.3) is 22.5 Å². The van der Waals surface area contributed by atoms with E-state index in [2.05, 4.69) is 11.4 Å². The zero-order valence-corrected chi connectivity index (χ0v) is 19.9. The maximum absolute atomic E-state index is 12.5. The number of anilines is 1. The van der Waals surface area contributed by atoms with E-state index in [4.69, 9.17) is 13.9 Å². The van der Waals surface area contributed by atoms with Gasteiger partial charge in [0.1, 0.15) is 23.1 Å². The lowest BCUT2D eigenvalue weighted by atomic mass is 9.98. The van der Waals surface area contributed by atoms with E-state index >= 15 is 0 Å². The molecule has 0 spiro atoms. The third kappa shape index (κ3) is 5.62. The number of nitrogens with zero attached hydrogens (tertiary/aromatic N) is 1. The first-order chi connectivity index (χ1) is 17.5. The molecule has 0 aliphatic carbocycles. The Hall–Kier alpha value is -4.83. The summed E-state index contributed by atoms with van der Waals surface area (Å²) in [7, 11) is 0. The Morgan fingerprint density at radius 1 is 0.889 bits per heavy atom. The van der Waals surface area contributed by atoms with Gasteiger partial charge in [0, 0.05) is 11.1 Å². The molecule has 0 saturated heterocycles. The molecule has 0 fully saturated rings. The number of furan rings is 1. The standard InChI is InChI=1S/C29H24N2O5/c1-19-13-14-23(15-20(19)2)34-18-26(33)35-17-25(32)31-29-24(16-30)27(21-9-5-3-6-10-21)28(36-29)22-11-7-4-8-12-22/h3-15H,17-18H2,1-2H3,(H,31,32). The van der Waals surface area contributed by atoms with Crippen LogP contribution in [0.2, 0.25) is 0 Å². The summed E-state index contributed by atoms with van der Waals surface area (Å²) in [6, 6.07) is 26.2. The zero-order valence-electron chi connectivity index (χ0n) is 19.9. The zero-order chi connectivity index (χ0) is 25.5. The highest BCUT2D eigenvalue weighted by Gasteiger charge is 2.24. The summed E-state index contributed by atoms with van der Waals surface area (Å²) in [5, 5.41) is 12.5. The summed E-state index contributed by atoms with van der Waals surface area (Å²) in [6.07, 6.45) is 0. The summed E-state index contributed by atoms with van der Waals surface area (Å²) < 4.78 is 16.4. The molecule has 0 aliphatic heterocycles. The van der Waals surface area contributed by atoms with Crippen molar-refractivity contribution in [3.63, 3.8) is 0 Å². The number of hydrogen-bond donors (Lipinski definition) is 1. The molecule has 7 heteroatoms. The number of esters is 1. The first kappa shape index (κ1) is 24.3. The molecule has 0 saturated carbocycles. The van der Waals surface area contributed by atoms with Crippen LogP contribution in [-0.2, 0) is 14.3 Å². The third-order valence-corrected chi connectivity index (χ3v) is 5.57. The molecule has 1 amide bonds. The fraction of sp³-hybridized carbons (Fsp3) is 0.138. The predicted molar refractivity (Wildman–Crippen MR) is 135 cm³/mol. The molecule has 0 atom stereocenters. The van der Waals surface area contributed by atoms with Gasteiger partial charge in [-0.25, -0.2) is 4.79 Å². The van der Waals surface area contributed by atoms with Crippen LogP contribution in [0.5, 0.6) is 5.75 Å². The largest absolute Gasteiger partial charge is 0.482 e. The second kappa shape index (κ2) is 11.1. The highest BCUT2D eigenvalue weighted by Crippen LogP contribution is 2.41. The summed E-state index contributed by atoms with van der Waals surface area (Å²) in [6.45, 7) is 3.04. The Morgan fingerprint density at radius 3 is 2.19 bits per heavy atom. The number of carbonyl (C=O) groups is 2. The molecule has 4 aromatic rings. The third-order valence-electron chi connectivity index (χ3n) is 5.57. The molecule has 1 N–H and O–H groups in total. The number of nitrogens with one attached hydrogen (secondary N) is 1. The van der Waals surface area contributed by atoms with Gasteiger partial charge in [0.15, 0.2) is 13.2 Å². The van der Waals surface area contributed by atoms with E-state index in [-0.39, 0.29) is 18.1 Å². The minimum Gasteiger partial charge on any atom is -0.482 e. The fourth-order valence-corrected chi connectivity index (χ4v) is 3.60. The predicted octanol–water partition coefficient (Wildman–Crippen LogP) is 5.66. The number of amides is 1. The molecule has 0 bridgehead atoms. The van der Waals surface area contributed by atoms with Gasteiger partial charge in [0.05, 0.1) is 0 Å². The minimum atomic E-state index is -0.696. The topological polar surface area (TPSA) is 102 Å². The molecule has 1 heterocycles. The van der Waals surface area contributed by atoms with E-state index < -0.39 is 18.5 Å². The number of benzene rings is 3. The second-order valence-electron chi connectivity index (χ2n) is 8.10. The van der Waals surface area contributed by atoms with E-state index in [1.807, 2.05) is 86.6 Å². The van der Waals surface area contributed by atoms with Crippen LogP contribution in [0, 0.1) is 25.2 Å². The van der Waals surface area contributed by atoms with Gasteiger partial charge in [-0.3, -0.25) is 10.1 Å². The van der Waals surface area contributed by atoms with Crippen LogP contribution in [0.4, 0.5) is 5.88 Å². The Balaban J connectivity index is 1.46. The van der Waals surface area contributed by atoms with Gasteiger partial charge in [-0.15, -0.1) is 0 Å². The van der Waals surface area contributed by atoms with E-state index in [0.29, 0.717) is 17.1 Å². The van der Waals surface area contributed by atoms with Crippen molar-refractivity contribution in [3.05, 3.63) is 95.6 Å². The van der Waals surface area contributed by atoms with Gasteiger partial charge >= 0.3 is 5.97 Å². The number of nitriles is 1. The van der Waals surface area contributed by atoms with Crippen LogP contribution in [0.15, 0.2) is 83.3 Å². The average Bonchev–Trinajstić information content (AvgIpc) is 3.27. The molecule has 0 unspecified atom stereocenters. The smallest absolute Gasteiger partial charge is 0.344 e. The number of ether oxygens (including phenoxy) is 2. The van der Waals surface area contributed by atoms with Crippen molar-refractivity contribution < 1.29 is 23.5 Å². The Bertz CT molecular complexity index is 1420. The van der Waals surface area contributed by atoms with Crippen LogP contribution < -0.4 is 10.1 Å². The quantitative estimate of drug-likeness (QED) is 0.326. The van der Waals surface area contributed by atoms with E-state index in [1.54, 1.807) is 6.07 Å². The molecular weight excluding hydrogens is 456 g/mol. The summed E-state index contributed by atoms with van der Waals surface area (Å²) in [4.78, 5) is 24.6. The van der Waals surface area contributed by atoms with E-state index in [9.17, 15) is 14.9 Å². The normalized spacial score (nSPS) is 10.4. The minimum absolute atomic E-state index is 0.0114. The van der Waals surface area contributed by atoms with Gasteiger partial charge in [-0.1, -0.05) is 66.7 Å². The van der Waals surface area contributed by atoms with E-state index in [0.717, 1.165) is 22.3 Å². The molecule has 180 valence electrons. The SMILES string of the molecule is Cc1ccc(OCC(=O)OCC(=O)Nc2oc(-c3ccccc3)c(-c3ccccc3)c2C#N)cc1C. The van der Waals surface area contributed by atoms with Gasteiger partial charge in [-0.05, 0) is 42.7 Å². The number of hydrogen-bond acceptors (Lipinski definition) is 6. The first-order valence-electron chi connectivity index (χ1n) is 11.3.